The van der Waals surface area contributed by atoms with Gasteiger partial charge in [-0.05, 0) is 54.5 Å². The van der Waals surface area contributed by atoms with Crippen LogP contribution in [0.5, 0.6) is 0 Å². The number of ether oxygens (including phenoxy) is 1. The lowest BCUT2D eigenvalue weighted by molar-refractivity contribution is -0.394. The lowest BCUT2D eigenvalue weighted by Crippen LogP contribution is -2.26. The Morgan fingerprint density at radius 3 is 2.09 bits per heavy atom. The Bertz CT molecular complexity index is 1230. The third-order valence-electron chi connectivity index (χ3n) is 5.68. The normalized spacial score (nSPS) is 12.4. The van der Waals surface area contributed by atoms with Gasteiger partial charge in [-0.25, -0.2) is 4.79 Å². The van der Waals surface area contributed by atoms with Crippen molar-refractivity contribution in [2.24, 2.45) is 0 Å². The number of hydrogen-bond donors (Lipinski definition) is 0. The van der Waals surface area contributed by atoms with E-state index in [-0.39, 0.29) is 5.56 Å². The Labute approximate surface area is 183 Å². The number of carbonyl (C=O) groups is 1. The van der Waals surface area contributed by atoms with Crippen molar-refractivity contribution in [3.8, 4) is 11.1 Å². The molecule has 162 valence electrons. The van der Waals surface area contributed by atoms with Crippen LogP contribution in [0.2, 0.25) is 0 Å². The summed E-state index contributed by atoms with van der Waals surface area (Å²) in [5.74, 6) is -0.870. The number of hydrogen-bond acceptors (Lipinski definition) is 6. The van der Waals surface area contributed by atoms with Crippen LogP contribution in [0.25, 0.3) is 11.1 Å². The van der Waals surface area contributed by atoms with E-state index in [0.717, 1.165) is 47.7 Å². The van der Waals surface area contributed by atoms with Crippen molar-refractivity contribution in [1.82, 2.24) is 0 Å². The van der Waals surface area contributed by atoms with Crippen LogP contribution in [0.4, 0.5) is 11.4 Å². The van der Waals surface area contributed by atoms with E-state index in [1.165, 1.54) is 11.1 Å². The molecule has 0 aliphatic heterocycles. The summed E-state index contributed by atoms with van der Waals surface area (Å²) >= 11 is 0. The van der Waals surface area contributed by atoms with Gasteiger partial charge in [-0.1, -0.05) is 42.5 Å². The van der Waals surface area contributed by atoms with Gasteiger partial charge in [-0.3, -0.25) is 20.2 Å². The number of carbonyl (C=O) groups excluding carboxylic acids is 1. The summed E-state index contributed by atoms with van der Waals surface area (Å²) in [6.45, 7) is 3.43. The van der Waals surface area contributed by atoms with Crippen molar-refractivity contribution >= 4 is 17.3 Å². The summed E-state index contributed by atoms with van der Waals surface area (Å²) in [5, 5.41) is 22.2. The smallest absolute Gasteiger partial charge is 0.339 e. The third kappa shape index (κ3) is 3.94. The van der Waals surface area contributed by atoms with Crippen LogP contribution in [0.1, 0.15) is 40.9 Å². The van der Waals surface area contributed by atoms with Gasteiger partial charge in [0.1, 0.15) is 5.60 Å². The van der Waals surface area contributed by atoms with E-state index in [0.29, 0.717) is 0 Å². The monoisotopic (exact) mass is 432 g/mol. The highest BCUT2D eigenvalue weighted by molar-refractivity contribution is 5.91. The second-order valence-corrected chi connectivity index (χ2v) is 8.18. The van der Waals surface area contributed by atoms with Gasteiger partial charge < -0.3 is 4.74 Å². The van der Waals surface area contributed by atoms with E-state index in [1.54, 1.807) is 13.8 Å². The first kappa shape index (κ1) is 21.2. The zero-order valence-corrected chi connectivity index (χ0v) is 17.5. The van der Waals surface area contributed by atoms with Crippen LogP contribution >= 0.6 is 0 Å². The van der Waals surface area contributed by atoms with Gasteiger partial charge in [0.25, 0.3) is 11.4 Å². The second-order valence-electron chi connectivity index (χ2n) is 8.18. The molecule has 1 aliphatic carbocycles. The van der Waals surface area contributed by atoms with Crippen molar-refractivity contribution in [2.45, 2.75) is 32.3 Å². The first-order chi connectivity index (χ1) is 15.2. The molecule has 0 heterocycles. The van der Waals surface area contributed by atoms with Crippen LogP contribution in [-0.4, -0.2) is 15.8 Å². The Hall–Kier alpha value is -4.07. The predicted octanol–water partition coefficient (Wildman–Crippen LogP) is 5.36. The molecule has 0 N–H and O–H groups in total. The van der Waals surface area contributed by atoms with E-state index in [9.17, 15) is 25.0 Å². The summed E-state index contributed by atoms with van der Waals surface area (Å²) < 4.78 is 5.66. The summed E-state index contributed by atoms with van der Waals surface area (Å²) in [5.41, 5.74) is 3.17. The number of nitro groups is 2. The lowest BCUT2D eigenvalue weighted by Gasteiger charge is -2.28. The predicted molar refractivity (Wildman–Crippen MR) is 117 cm³/mol. The summed E-state index contributed by atoms with van der Waals surface area (Å²) in [7, 11) is 0. The Morgan fingerprint density at radius 2 is 1.44 bits per heavy atom. The maximum atomic E-state index is 12.8. The highest BCUT2D eigenvalue weighted by Gasteiger charge is 2.29. The fourth-order valence-electron chi connectivity index (χ4n) is 3.98. The van der Waals surface area contributed by atoms with Gasteiger partial charge in [0, 0.05) is 12.1 Å². The number of nitrogens with zero attached hydrogens (tertiary/aromatic N) is 2. The van der Waals surface area contributed by atoms with Crippen molar-refractivity contribution in [3.05, 3.63) is 103 Å². The largest absolute Gasteiger partial charge is 0.451 e. The molecule has 0 fully saturated rings. The topological polar surface area (TPSA) is 113 Å². The molecule has 0 atom stereocenters. The third-order valence-corrected chi connectivity index (χ3v) is 5.68. The fraction of sp³-hybridized carbons (Fsp3) is 0.208. The summed E-state index contributed by atoms with van der Waals surface area (Å²) in [6, 6.07) is 16.9. The van der Waals surface area contributed by atoms with Crippen LogP contribution in [0.3, 0.4) is 0 Å². The van der Waals surface area contributed by atoms with Crippen LogP contribution in [0.15, 0.2) is 60.7 Å². The molecule has 3 aromatic carbocycles. The minimum atomic E-state index is -1.05. The second kappa shape index (κ2) is 7.88. The van der Waals surface area contributed by atoms with Crippen molar-refractivity contribution in [3.63, 3.8) is 0 Å². The van der Waals surface area contributed by atoms with Crippen molar-refractivity contribution in [1.29, 1.82) is 0 Å². The molecule has 1 aliphatic rings. The number of rotatable bonds is 5. The number of aryl methyl sites for hydroxylation is 2. The molecule has 0 saturated heterocycles. The molecule has 0 radical (unpaired) electrons. The van der Waals surface area contributed by atoms with Crippen LogP contribution in [-0.2, 0) is 23.2 Å². The number of fused-ring (bicyclic) bond motifs is 3. The average Bonchev–Trinajstić information content (AvgIpc) is 2.77. The number of benzene rings is 3. The van der Waals surface area contributed by atoms with Gasteiger partial charge in [0.05, 0.1) is 21.5 Å². The van der Waals surface area contributed by atoms with Gasteiger partial charge in [0.15, 0.2) is 0 Å². The van der Waals surface area contributed by atoms with Gasteiger partial charge in [-0.15, -0.1) is 0 Å². The molecule has 3 aromatic rings. The maximum absolute atomic E-state index is 12.8. The van der Waals surface area contributed by atoms with E-state index < -0.39 is 32.8 Å². The Morgan fingerprint density at radius 1 is 0.844 bits per heavy atom. The first-order valence-electron chi connectivity index (χ1n) is 10.0. The van der Waals surface area contributed by atoms with Gasteiger partial charge in [0.2, 0.25) is 0 Å². The highest BCUT2D eigenvalue weighted by Crippen LogP contribution is 2.37. The van der Waals surface area contributed by atoms with E-state index in [1.807, 2.05) is 30.3 Å². The summed E-state index contributed by atoms with van der Waals surface area (Å²) in [4.78, 5) is 33.4. The number of nitro benzene ring substituents is 2. The van der Waals surface area contributed by atoms with E-state index in [4.69, 9.17) is 4.74 Å². The molecule has 4 rings (SSSR count). The lowest BCUT2D eigenvalue weighted by atomic mass is 9.83. The number of esters is 1. The quantitative estimate of drug-likeness (QED) is 0.305. The Balaban J connectivity index is 1.64. The minimum Gasteiger partial charge on any atom is -0.451 e. The van der Waals surface area contributed by atoms with Crippen LogP contribution < -0.4 is 0 Å². The van der Waals surface area contributed by atoms with Gasteiger partial charge in [-0.2, -0.15) is 0 Å². The molecule has 8 nitrogen and oxygen atoms in total. The standard InChI is InChI=1S/C24H20N2O6/c1-24(2,32-23(27)17-12-19(25(28)29)14-20(13-17)26(30)31)18-9-10-22-16(11-18)8-7-15-5-3-4-6-21(15)22/h3-6,9-14H,7-8H2,1-2H3. The van der Waals surface area contributed by atoms with Gasteiger partial charge >= 0.3 is 5.97 Å². The number of non-ortho nitro benzene ring substituents is 2. The molecular formula is C24H20N2O6. The molecule has 32 heavy (non-hydrogen) atoms. The zero-order chi connectivity index (χ0) is 23.0. The first-order valence-corrected chi connectivity index (χ1v) is 10.0. The molecule has 8 heteroatoms. The minimum absolute atomic E-state index is 0.245. The molecule has 0 amide bonds. The summed E-state index contributed by atoms with van der Waals surface area (Å²) in [6.07, 6.45) is 1.78. The van der Waals surface area contributed by atoms with Crippen molar-refractivity contribution < 1.29 is 19.4 Å². The SMILES string of the molecule is CC(C)(OC(=O)c1cc([N+](=O)[O-])cc([N+](=O)[O-])c1)c1ccc2c(c1)CCc1ccccc1-2. The molecule has 0 unspecified atom stereocenters. The molecule has 0 spiro atoms. The molecular weight excluding hydrogens is 412 g/mol. The molecule has 0 aromatic heterocycles. The maximum Gasteiger partial charge on any atom is 0.339 e. The van der Waals surface area contributed by atoms with Crippen molar-refractivity contribution in [2.75, 3.05) is 0 Å². The average molecular weight is 432 g/mol. The van der Waals surface area contributed by atoms with E-state index >= 15 is 0 Å². The highest BCUT2D eigenvalue weighted by atomic mass is 16.6. The van der Waals surface area contributed by atoms with E-state index in [2.05, 4.69) is 12.1 Å². The molecule has 0 bridgehead atoms. The molecule has 0 saturated carbocycles. The van der Waals surface area contributed by atoms with Crippen LogP contribution in [0, 0.1) is 20.2 Å². The zero-order valence-electron chi connectivity index (χ0n) is 17.5. The Kier molecular flexibility index (Phi) is 5.22. The fourth-order valence-corrected chi connectivity index (χ4v) is 3.98.